The van der Waals surface area contributed by atoms with Crippen LogP contribution in [0.25, 0.3) is 5.57 Å². The quantitative estimate of drug-likeness (QED) is 0.708. The van der Waals surface area contributed by atoms with E-state index in [1.165, 1.54) is 11.1 Å². The zero-order valence-electron chi connectivity index (χ0n) is 8.42. The Morgan fingerprint density at radius 3 is 2.79 bits per heavy atom. The normalized spacial score (nSPS) is 12.9. The Morgan fingerprint density at radius 2 is 2.14 bits per heavy atom. The number of benzene rings is 1. The van der Waals surface area contributed by atoms with Crippen molar-refractivity contribution in [2.24, 2.45) is 0 Å². The van der Waals surface area contributed by atoms with Gasteiger partial charge in [-0.05, 0) is 13.8 Å². The van der Waals surface area contributed by atoms with E-state index >= 15 is 0 Å². The predicted molar refractivity (Wildman–Crippen MR) is 52.2 cm³/mol. The Morgan fingerprint density at radius 1 is 1.43 bits per heavy atom. The molecule has 1 nitrogen and oxygen atoms in total. The van der Waals surface area contributed by atoms with E-state index in [1.54, 1.807) is 6.92 Å². The first kappa shape index (κ1) is 11.8. The second-order valence-electron chi connectivity index (χ2n) is 3.45. The van der Waals surface area contributed by atoms with Crippen LogP contribution in [0.1, 0.15) is 23.6 Å². The van der Waals surface area contributed by atoms with Gasteiger partial charge in [0.2, 0.25) is 0 Å². The molecule has 0 unspecified atom stereocenters. The first-order valence-corrected chi connectivity index (χ1v) is 4.40. The number of hydrogen-bond acceptors (Lipinski definition) is 1. The minimum Gasteiger partial charge on any atom is -0.371 e. The minimum absolute atomic E-state index is 0. The zero-order chi connectivity index (χ0) is 9.42. The standard InChI is InChI=1S/C12H11O.Y/c1-8-3-5-12-10(7-8)4-6-11(12)9(2)13;/h3,5,7H,4H2,1-2H3;/q-1;. The molecule has 1 aliphatic carbocycles. The fraction of sp³-hybridized carbons (Fsp3) is 0.250. The Balaban J connectivity index is 0.000000980. The summed E-state index contributed by atoms with van der Waals surface area (Å²) in [5, 5.41) is 0. The fourth-order valence-electron chi connectivity index (χ4n) is 1.71. The summed E-state index contributed by atoms with van der Waals surface area (Å²) in [5.41, 5.74) is 4.30. The molecule has 0 spiro atoms. The van der Waals surface area contributed by atoms with E-state index in [9.17, 15) is 4.79 Å². The fourth-order valence-corrected chi connectivity index (χ4v) is 1.71. The molecule has 2 heteroatoms. The van der Waals surface area contributed by atoms with Crippen LogP contribution in [-0.4, -0.2) is 5.78 Å². The first-order valence-electron chi connectivity index (χ1n) is 4.40. The van der Waals surface area contributed by atoms with Crippen molar-refractivity contribution in [2.75, 3.05) is 0 Å². The van der Waals surface area contributed by atoms with Crippen LogP contribution in [0, 0.1) is 13.0 Å². The van der Waals surface area contributed by atoms with Gasteiger partial charge >= 0.3 is 0 Å². The van der Waals surface area contributed by atoms with Crippen molar-refractivity contribution < 1.29 is 37.5 Å². The second kappa shape index (κ2) is 4.50. The van der Waals surface area contributed by atoms with E-state index in [4.69, 9.17) is 0 Å². The molecule has 0 bridgehead atoms. The number of ketones is 1. The number of Topliss-reactive ketones (excluding diaryl/α,β-unsaturated/α-hetero) is 1. The number of fused-ring (bicyclic) bond motifs is 1. The van der Waals surface area contributed by atoms with Gasteiger partial charge in [-0.15, -0.1) is 22.8 Å². The molecule has 0 aromatic heterocycles. The predicted octanol–water partition coefficient (Wildman–Crippen LogP) is 2.32. The van der Waals surface area contributed by atoms with Crippen molar-refractivity contribution in [1.29, 1.82) is 0 Å². The van der Waals surface area contributed by atoms with E-state index < -0.39 is 0 Å². The van der Waals surface area contributed by atoms with Crippen molar-refractivity contribution in [2.45, 2.75) is 20.3 Å². The number of hydrogen-bond donors (Lipinski definition) is 0. The van der Waals surface area contributed by atoms with Crippen molar-refractivity contribution in [3.05, 3.63) is 41.0 Å². The van der Waals surface area contributed by atoms with Crippen molar-refractivity contribution in [3.63, 3.8) is 0 Å². The zero-order valence-corrected chi connectivity index (χ0v) is 11.3. The molecule has 0 heterocycles. The molecular weight excluding hydrogens is 249 g/mol. The summed E-state index contributed by atoms with van der Waals surface area (Å²) in [6.07, 6.45) is 3.90. The van der Waals surface area contributed by atoms with Crippen LogP contribution < -0.4 is 0 Å². The summed E-state index contributed by atoms with van der Waals surface area (Å²) in [7, 11) is 0. The van der Waals surface area contributed by atoms with Crippen LogP contribution in [0.3, 0.4) is 0 Å². The van der Waals surface area contributed by atoms with E-state index in [1.807, 2.05) is 12.1 Å². The molecule has 69 valence electrons. The molecule has 1 radical (unpaired) electrons. The number of allylic oxidation sites excluding steroid dienone is 2. The molecule has 0 amide bonds. The molecule has 1 aliphatic rings. The molecule has 2 rings (SSSR count). The third-order valence-corrected chi connectivity index (χ3v) is 2.34. The van der Waals surface area contributed by atoms with Gasteiger partial charge in [0, 0.05) is 38.5 Å². The first-order chi connectivity index (χ1) is 6.18. The van der Waals surface area contributed by atoms with Gasteiger partial charge in [0.15, 0.2) is 0 Å². The molecule has 1 aromatic rings. The Bertz CT molecular complexity index is 405. The van der Waals surface area contributed by atoms with Crippen LogP contribution in [0.15, 0.2) is 18.2 Å². The van der Waals surface area contributed by atoms with Crippen LogP contribution in [0.4, 0.5) is 0 Å². The second-order valence-corrected chi connectivity index (χ2v) is 3.45. The molecule has 0 saturated heterocycles. The Labute approximate surface area is 109 Å². The van der Waals surface area contributed by atoms with Crippen LogP contribution >= 0.6 is 0 Å². The molecular formula is C12H11OY-. The van der Waals surface area contributed by atoms with Gasteiger partial charge in [0.05, 0.1) is 0 Å². The van der Waals surface area contributed by atoms with Gasteiger partial charge in [-0.3, -0.25) is 0 Å². The summed E-state index contributed by atoms with van der Waals surface area (Å²) in [5.74, 6) is 0.114. The summed E-state index contributed by atoms with van der Waals surface area (Å²) >= 11 is 0. The van der Waals surface area contributed by atoms with E-state index in [2.05, 4.69) is 19.1 Å². The summed E-state index contributed by atoms with van der Waals surface area (Å²) in [6, 6.07) is 6.18. The van der Waals surface area contributed by atoms with Crippen molar-refractivity contribution in [1.82, 2.24) is 0 Å². The molecule has 0 aliphatic heterocycles. The third kappa shape index (κ3) is 2.04. The molecule has 14 heavy (non-hydrogen) atoms. The van der Waals surface area contributed by atoms with Gasteiger partial charge in [-0.25, -0.2) is 0 Å². The Hall–Kier alpha value is -0.266. The van der Waals surface area contributed by atoms with Gasteiger partial charge in [0.25, 0.3) is 0 Å². The molecule has 0 atom stereocenters. The maximum atomic E-state index is 11.2. The summed E-state index contributed by atoms with van der Waals surface area (Å²) in [4.78, 5) is 11.2. The number of aryl methyl sites for hydroxylation is 1. The monoisotopic (exact) mass is 260 g/mol. The summed E-state index contributed by atoms with van der Waals surface area (Å²) < 4.78 is 0. The van der Waals surface area contributed by atoms with E-state index in [0.29, 0.717) is 0 Å². The maximum Gasteiger partial charge on any atom is 0.0470 e. The topological polar surface area (TPSA) is 17.1 Å². The van der Waals surface area contributed by atoms with E-state index in [0.717, 1.165) is 17.6 Å². The molecule has 0 saturated carbocycles. The SMILES string of the molecule is CC(=O)C1=[C-]Cc2cc(C)ccc21.[Y]. The smallest absolute Gasteiger partial charge is 0.0470 e. The van der Waals surface area contributed by atoms with Crippen molar-refractivity contribution in [3.8, 4) is 0 Å². The van der Waals surface area contributed by atoms with Crippen LogP contribution in [0.5, 0.6) is 0 Å². The Kier molecular flexibility index (Phi) is 3.80. The molecule has 1 aromatic carbocycles. The largest absolute Gasteiger partial charge is 0.371 e. The van der Waals surface area contributed by atoms with Crippen LogP contribution in [-0.2, 0) is 43.9 Å². The number of carbonyl (C=O) groups excluding carboxylic acids is 1. The van der Waals surface area contributed by atoms with Crippen molar-refractivity contribution >= 4 is 11.4 Å². The summed E-state index contributed by atoms with van der Waals surface area (Å²) in [6.45, 7) is 3.66. The number of rotatable bonds is 1. The van der Waals surface area contributed by atoms with Gasteiger partial charge in [0.1, 0.15) is 0 Å². The third-order valence-electron chi connectivity index (χ3n) is 2.34. The average Bonchev–Trinajstić information content (AvgIpc) is 2.46. The maximum absolute atomic E-state index is 11.2. The average molecular weight is 260 g/mol. The van der Waals surface area contributed by atoms with Gasteiger partial charge in [-0.1, -0.05) is 24.1 Å². The number of carbonyl (C=O) groups is 1. The van der Waals surface area contributed by atoms with E-state index in [-0.39, 0.29) is 38.5 Å². The van der Waals surface area contributed by atoms with Gasteiger partial charge in [-0.2, -0.15) is 6.08 Å². The minimum atomic E-state index is 0. The molecule has 0 N–H and O–H groups in total. The molecule has 0 fully saturated rings. The van der Waals surface area contributed by atoms with Gasteiger partial charge < -0.3 is 4.79 Å². The van der Waals surface area contributed by atoms with Crippen LogP contribution in [0.2, 0.25) is 0 Å².